The van der Waals surface area contributed by atoms with Crippen LogP contribution in [0.1, 0.15) is 17.3 Å². The van der Waals surface area contributed by atoms with Crippen LogP contribution in [-0.2, 0) is 4.74 Å². The molecule has 0 aliphatic carbocycles. The molecule has 0 aromatic carbocycles. The van der Waals surface area contributed by atoms with Gasteiger partial charge in [0.1, 0.15) is 11.4 Å². The van der Waals surface area contributed by atoms with Gasteiger partial charge in [-0.25, -0.2) is 14.8 Å². The molecule has 0 fully saturated rings. The molecule has 7 heteroatoms. The van der Waals surface area contributed by atoms with Gasteiger partial charge in [0.15, 0.2) is 5.16 Å². The summed E-state index contributed by atoms with van der Waals surface area (Å²) in [4.78, 5) is 19.8. The van der Waals surface area contributed by atoms with Gasteiger partial charge in [-0.3, -0.25) is 0 Å². The van der Waals surface area contributed by atoms with Crippen LogP contribution in [-0.4, -0.2) is 47.1 Å². The van der Waals surface area contributed by atoms with Crippen molar-refractivity contribution in [3.8, 4) is 0 Å². The highest BCUT2D eigenvalue weighted by atomic mass is 32.2. The van der Waals surface area contributed by atoms with Gasteiger partial charge in [0, 0.05) is 12.7 Å². The number of nitrogens with one attached hydrogen (secondary N) is 1. The van der Waals surface area contributed by atoms with Gasteiger partial charge in [0.2, 0.25) is 0 Å². The topological polar surface area (TPSA) is 84.3 Å². The molecule has 0 saturated heterocycles. The zero-order chi connectivity index (χ0) is 12.7. The number of carbonyl (C=O) groups excluding carboxylic acids is 1. The van der Waals surface area contributed by atoms with Crippen LogP contribution in [0.25, 0.3) is 0 Å². The fourth-order valence-electron chi connectivity index (χ4n) is 1.13. The minimum absolute atomic E-state index is 0.0408. The number of thioether (sulfide) groups is 1. The number of nitrogens with zero attached hydrogens (tertiary/aromatic N) is 2. The Morgan fingerprint density at radius 3 is 3.00 bits per heavy atom. The SMILES string of the molecule is CCOC(=O)c1cnc(SC)nc1NCCO. The molecule has 1 rings (SSSR count). The lowest BCUT2D eigenvalue weighted by molar-refractivity contribution is 0.0526. The van der Waals surface area contributed by atoms with Crippen LogP contribution in [0.4, 0.5) is 5.82 Å². The first kappa shape index (κ1) is 13.7. The highest BCUT2D eigenvalue weighted by molar-refractivity contribution is 7.98. The molecule has 0 radical (unpaired) electrons. The van der Waals surface area contributed by atoms with Gasteiger partial charge in [-0.05, 0) is 13.2 Å². The average molecular weight is 257 g/mol. The normalized spacial score (nSPS) is 10.1. The maximum absolute atomic E-state index is 11.6. The lowest BCUT2D eigenvalue weighted by Crippen LogP contribution is -2.14. The van der Waals surface area contributed by atoms with E-state index >= 15 is 0 Å². The van der Waals surface area contributed by atoms with Crippen LogP contribution in [0.15, 0.2) is 11.4 Å². The van der Waals surface area contributed by atoms with Crippen molar-refractivity contribution in [2.75, 3.05) is 31.3 Å². The van der Waals surface area contributed by atoms with E-state index < -0.39 is 5.97 Å². The summed E-state index contributed by atoms with van der Waals surface area (Å²) in [5, 5.41) is 12.2. The van der Waals surface area contributed by atoms with Gasteiger partial charge in [0.05, 0.1) is 13.2 Å². The minimum Gasteiger partial charge on any atom is -0.462 e. The van der Waals surface area contributed by atoms with Crippen molar-refractivity contribution in [1.82, 2.24) is 9.97 Å². The van der Waals surface area contributed by atoms with E-state index in [1.54, 1.807) is 6.92 Å². The summed E-state index contributed by atoms with van der Waals surface area (Å²) in [5.41, 5.74) is 0.276. The predicted octanol–water partition coefficient (Wildman–Crippen LogP) is 0.779. The Bertz CT molecular complexity index is 387. The number of anilines is 1. The first-order chi connectivity index (χ1) is 8.22. The van der Waals surface area contributed by atoms with E-state index in [4.69, 9.17) is 9.84 Å². The van der Waals surface area contributed by atoms with E-state index in [1.165, 1.54) is 18.0 Å². The summed E-state index contributed by atoms with van der Waals surface area (Å²) in [6.07, 6.45) is 3.27. The first-order valence-corrected chi connectivity index (χ1v) is 6.38. The second kappa shape index (κ2) is 7.08. The highest BCUT2D eigenvalue weighted by Crippen LogP contribution is 2.17. The number of aliphatic hydroxyl groups excluding tert-OH is 1. The molecule has 1 aromatic heterocycles. The van der Waals surface area contributed by atoms with Crippen LogP contribution in [0.3, 0.4) is 0 Å². The highest BCUT2D eigenvalue weighted by Gasteiger charge is 2.15. The number of ether oxygens (including phenoxy) is 1. The smallest absolute Gasteiger partial charge is 0.343 e. The van der Waals surface area contributed by atoms with E-state index in [1.807, 2.05) is 6.26 Å². The van der Waals surface area contributed by atoms with Crippen molar-refractivity contribution >= 4 is 23.5 Å². The number of carbonyl (C=O) groups is 1. The Morgan fingerprint density at radius 2 is 2.41 bits per heavy atom. The number of aliphatic hydroxyl groups is 1. The van der Waals surface area contributed by atoms with Crippen LogP contribution >= 0.6 is 11.8 Å². The van der Waals surface area contributed by atoms with Crippen molar-refractivity contribution in [2.45, 2.75) is 12.1 Å². The first-order valence-electron chi connectivity index (χ1n) is 5.15. The number of esters is 1. The van der Waals surface area contributed by atoms with Gasteiger partial charge < -0.3 is 15.2 Å². The van der Waals surface area contributed by atoms with Crippen molar-refractivity contribution in [3.63, 3.8) is 0 Å². The van der Waals surface area contributed by atoms with Gasteiger partial charge in [0.25, 0.3) is 0 Å². The maximum Gasteiger partial charge on any atom is 0.343 e. The third kappa shape index (κ3) is 3.86. The number of hydrogen-bond acceptors (Lipinski definition) is 7. The fraction of sp³-hybridized carbons (Fsp3) is 0.500. The third-order valence-corrected chi connectivity index (χ3v) is 2.41. The molecule has 1 aromatic rings. The van der Waals surface area contributed by atoms with Gasteiger partial charge in [-0.1, -0.05) is 11.8 Å². The van der Waals surface area contributed by atoms with Gasteiger partial charge >= 0.3 is 5.97 Å². The summed E-state index contributed by atoms with van der Waals surface area (Å²) in [6.45, 7) is 2.30. The Morgan fingerprint density at radius 1 is 1.65 bits per heavy atom. The number of hydrogen-bond donors (Lipinski definition) is 2. The molecule has 94 valence electrons. The monoisotopic (exact) mass is 257 g/mol. The van der Waals surface area contributed by atoms with Gasteiger partial charge in [-0.2, -0.15) is 0 Å². The summed E-state index contributed by atoms with van der Waals surface area (Å²) in [7, 11) is 0. The molecular weight excluding hydrogens is 242 g/mol. The molecule has 0 atom stereocenters. The molecule has 17 heavy (non-hydrogen) atoms. The molecule has 0 amide bonds. The zero-order valence-corrected chi connectivity index (χ0v) is 10.6. The average Bonchev–Trinajstić information content (AvgIpc) is 2.36. The Hall–Kier alpha value is -1.34. The van der Waals surface area contributed by atoms with E-state index in [9.17, 15) is 4.79 Å². The minimum atomic E-state index is -0.472. The van der Waals surface area contributed by atoms with Crippen LogP contribution in [0, 0.1) is 0 Å². The summed E-state index contributed by atoms with van der Waals surface area (Å²) < 4.78 is 4.89. The molecule has 0 unspecified atom stereocenters. The maximum atomic E-state index is 11.6. The Labute approximate surface area is 104 Å². The van der Waals surface area contributed by atoms with Crippen LogP contribution in [0.5, 0.6) is 0 Å². The summed E-state index contributed by atoms with van der Waals surface area (Å²) in [5.74, 6) is -0.0857. The lowest BCUT2D eigenvalue weighted by Gasteiger charge is -2.09. The van der Waals surface area contributed by atoms with E-state index in [0.717, 1.165) is 0 Å². The zero-order valence-electron chi connectivity index (χ0n) is 9.77. The van der Waals surface area contributed by atoms with Crippen molar-refractivity contribution < 1.29 is 14.6 Å². The van der Waals surface area contributed by atoms with Crippen LogP contribution < -0.4 is 5.32 Å². The van der Waals surface area contributed by atoms with Crippen molar-refractivity contribution in [2.24, 2.45) is 0 Å². The lowest BCUT2D eigenvalue weighted by atomic mass is 10.3. The Kier molecular flexibility index (Phi) is 5.71. The Balaban J connectivity index is 2.97. The predicted molar refractivity (Wildman–Crippen MR) is 65.3 cm³/mol. The van der Waals surface area contributed by atoms with Crippen LogP contribution in [0.2, 0.25) is 0 Å². The molecule has 0 saturated carbocycles. The fourth-order valence-corrected chi connectivity index (χ4v) is 1.47. The third-order valence-electron chi connectivity index (χ3n) is 1.85. The molecule has 0 aliphatic rings. The molecule has 2 N–H and O–H groups in total. The standard InChI is InChI=1S/C10H15N3O3S/c1-3-16-9(15)7-6-12-10(17-2)13-8(7)11-4-5-14/h6,14H,3-5H2,1-2H3,(H,11,12,13). The van der Waals surface area contributed by atoms with E-state index in [2.05, 4.69) is 15.3 Å². The summed E-state index contributed by atoms with van der Waals surface area (Å²) >= 11 is 1.37. The molecule has 6 nitrogen and oxygen atoms in total. The summed E-state index contributed by atoms with van der Waals surface area (Å²) in [6, 6.07) is 0. The van der Waals surface area contributed by atoms with E-state index in [0.29, 0.717) is 24.1 Å². The van der Waals surface area contributed by atoms with E-state index in [-0.39, 0.29) is 12.2 Å². The largest absolute Gasteiger partial charge is 0.462 e. The molecule has 0 bridgehead atoms. The van der Waals surface area contributed by atoms with Gasteiger partial charge in [-0.15, -0.1) is 0 Å². The second-order valence-electron chi connectivity index (χ2n) is 2.99. The van der Waals surface area contributed by atoms with Crippen molar-refractivity contribution in [3.05, 3.63) is 11.8 Å². The van der Waals surface area contributed by atoms with Crippen molar-refractivity contribution in [1.29, 1.82) is 0 Å². The second-order valence-corrected chi connectivity index (χ2v) is 3.76. The molecule has 0 spiro atoms. The molecular formula is C10H15N3O3S. The molecule has 1 heterocycles. The number of rotatable bonds is 6. The quantitative estimate of drug-likeness (QED) is 0.442. The molecule has 0 aliphatic heterocycles. The number of aromatic nitrogens is 2.